The second-order valence-electron chi connectivity index (χ2n) is 5.30. The van der Waals surface area contributed by atoms with Gasteiger partial charge in [-0.25, -0.2) is 9.67 Å². The van der Waals surface area contributed by atoms with Crippen LogP contribution in [0.2, 0.25) is 0 Å². The molecule has 0 saturated carbocycles. The van der Waals surface area contributed by atoms with E-state index in [0.29, 0.717) is 0 Å². The lowest BCUT2D eigenvalue weighted by molar-refractivity contribution is 0.415. The van der Waals surface area contributed by atoms with Crippen LogP contribution >= 0.6 is 0 Å². The number of aromatic nitrogens is 3. The van der Waals surface area contributed by atoms with E-state index >= 15 is 0 Å². The molecule has 0 aliphatic rings. The highest BCUT2D eigenvalue weighted by Crippen LogP contribution is 2.28. The first-order valence-electron chi connectivity index (χ1n) is 7.45. The number of fused-ring (bicyclic) bond motifs is 1. The van der Waals surface area contributed by atoms with Gasteiger partial charge in [0.1, 0.15) is 5.75 Å². The number of nitrogens with zero attached hydrogens (tertiary/aromatic N) is 3. The molecular formula is C17H20N4O. The lowest BCUT2D eigenvalue weighted by atomic mass is 10.1. The molecule has 3 rings (SSSR count). The van der Waals surface area contributed by atoms with Crippen molar-refractivity contribution in [3.63, 3.8) is 0 Å². The highest BCUT2D eigenvalue weighted by Gasteiger charge is 2.09. The fraction of sp³-hybridized carbons (Fsp3) is 0.294. The molecule has 0 saturated heterocycles. The van der Waals surface area contributed by atoms with Crippen LogP contribution in [0.5, 0.6) is 5.75 Å². The number of pyridine rings is 1. The molecule has 3 aromatic rings. The Morgan fingerprint density at radius 2 is 2.14 bits per heavy atom. The van der Waals surface area contributed by atoms with Crippen molar-refractivity contribution in [2.24, 2.45) is 0 Å². The highest BCUT2D eigenvalue weighted by atomic mass is 16.5. The number of ether oxygens (including phenoxy) is 1. The second kappa shape index (κ2) is 6.05. The molecule has 22 heavy (non-hydrogen) atoms. The standard InChI is InChI=1S/C17H20N4O/c1-4-7-18-15-9-17(21-11-12(2)10-19-21)20-16-8-13(22-3)5-6-14(15)16/h5-6,8-11H,4,7H2,1-3H3,(H,18,20). The van der Waals surface area contributed by atoms with Gasteiger partial charge in [-0.3, -0.25) is 0 Å². The number of hydrogen-bond donors (Lipinski definition) is 1. The minimum atomic E-state index is 0.799. The van der Waals surface area contributed by atoms with Crippen LogP contribution in [-0.2, 0) is 0 Å². The Morgan fingerprint density at radius 1 is 1.27 bits per heavy atom. The third-order valence-corrected chi connectivity index (χ3v) is 3.52. The van der Waals surface area contributed by atoms with Gasteiger partial charge in [-0.2, -0.15) is 5.10 Å². The van der Waals surface area contributed by atoms with Gasteiger partial charge in [-0.15, -0.1) is 0 Å². The Morgan fingerprint density at radius 3 is 2.82 bits per heavy atom. The summed E-state index contributed by atoms with van der Waals surface area (Å²) in [4.78, 5) is 4.72. The van der Waals surface area contributed by atoms with Gasteiger partial charge in [0.25, 0.3) is 0 Å². The summed E-state index contributed by atoms with van der Waals surface area (Å²) in [6.45, 7) is 5.09. The minimum Gasteiger partial charge on any atom is -0.497 e. The normalized spacial score (nSPS) is 10.9. The molecule has 2 heterocycles. The number of nitrogens with one attached hydrogen (secondary N) is 1. The SMILES string of the molecule is CCCNc1cc(-n2cc(C)cn2)nc2cc(OC)ccc12. The Bertz CT molecular complexity index is 794. The lowest BCUT2D eigenvalue weighted by Gasteiger charge is -2.12. The fourth-order valence-corrected chi connectivity index (χ4v) is 2.38. The summed E-state index contributed by atoms with van der Waals surface area (Å²) in [5, 5.41) is 8.91. The summed E-state index contributed by atoms with van der Waals surface area (Å²) in [7, 11) is 1.66. The van der Waals surface area contributed by atoms with Crippen molar-refractivity contribution >= 4 is 16.6 Å². The van der Waals surface area contributed by atoms with E-state index in [0.717, 1.165) is 46.7 Å². The van der Waals surface area contributed by atoms with Gasteiger partial charge in [0.05, 0.1) is 18.8 Å². The predicted molar refractivity (Wildman–Crippen MR) is 88.9 cm³/mol. The third kappa shape index (κ3) is 2.74. The van der Waals surface area contributed by atoms with Crippen molar-refractivity contribution in [1.82, 2.24) is 14.8 Å². The van der Waals surface area contributed by atoms with E-state index < -0.39 is 0 Å². The average Bonchev–Trinajstić information content (AvgIpc) is 2.98. The van der Waals surface area contributed by atoms with Crippen LogP contribution in [0, 0.1) is 6.92 Å². The molecule has 0 aliphatic carbocycles. The summed E-state index contributed by atoms with van der Waals surface area (Å²) >= 11 is 0. The second-order valence-corrected chi connectivity index (χ2v) is 5.30. The maximum atomic E-state index is 5.31. The smallest absolute Gasteiger partial charge is 0.156 e. The van der Waals surface area contributed by atoms with Gasteiger partial charge in [0.15, 0.2) is 5.82 Å². The van der Waals surface area contributed by atoms with Gasteiger partial charge in [-0.1, -0.05) is 6.92 Å². The molecule has 0 radical (unpaired) electrons. The topological polar surface area (TPSA) is 52.0 Å². The van der Waals surface area contributed by atoms with E-state index in [9.17, 15) is 0 Å². The van der Waals surface area contributed by atoms with E-state index in [1.807, 2.05) is 43.6 Å². The molecule has 0 unspecified atom stereocenters. The quantitative estimate of drug-likeness (QED) is 0.782. The Hall–Kier alpha value is -2.56. The van der Waals surface area contributed by atoms with E-state index in [1.54, 1.807) is 11.8 Å². The maximum absolute atomic E-state index is 5.31. The lowest BCUT2D eigenvalue weighted by Crippen LogP contribution is -2.04. The van der Waals surface area contributed by atoms with Crippen LogP contribution in [0.25, 0.3) is 16.7 Å². The number of hydrogen-bond acceptors (Lipinski definition) is 4. The van der Waals surface area contributed by atoms with E-state index in [-0.39, 0.29) is 0 Å². The molecule has 0 fully saturated rings. The van der Waals surface area contributed by atoms with Gasteiger partial charge >= 0.3 is 0 Å². The first kappa shape index (κ1) is 14.4. The predicted octanol–water partition coefficient (Wildman–Crippen LogP) is 3.56. The summed E-state index contributed by atoms with van der Waals surface area (Å²) in [6.07, 6.45) is 4.87. The number of methoxy groups -OCH3 is 1. The van der Waals surface area contributed by atoms with Crippen LogP contribution in [-0.4, -0.2) is 28.4 Å². The van der Waals surface area contributed by atoms with Crippen LogP contribution in [0.3, 0.4) is 0 Å². The Kier molecular flexibility index (Phi) is 3.96. The molecule has 5 heteroatoms. The van der Waals surface area contributed by atoms with E-state index in [2.05, 4.69) is 17.3 Å². The van der Waals surface area contributed by atoms with Gasteiger partial charge in [0, 0.05) is 35.9 Å². The molecular weight excluding hydrogens is 276 g/mol. The molecule has 0 amide bonds. The van der Waals surface area contributed by atoms with Crippen molar-refractivity contribution < 1.29 is 4.74 Å². The number of rotatable bonds is 5. The Balaban J connectivity index is 2.16. The molecule has 1 N–H and O–H groups in total. The van der Waals surface area contributed by atoms with Crippen LogP contribution in [0.1, 0.15) is 18.9 Å². The molecule has 114 valence electrons. The molecule has 0 spiro atoms. The molecule has 2 aromatic heterocycles. The zero-order valence-corrected chi connectivity index (χ0v) is 13.1. The van der Waals surface area contributed by atoms with Crippen molar-refractivity contribution in [3.05, 3.63) is 42.2 Å². The van der Waals surface area contributed by atoms with Crippen molar-refractivity contribution in [3.8, 4) is 11.6 Å². The fourth-order valence-electron chi connectivity index (χ4n) is 2.38. The molecule has 0 aliphatic heterocycles. The van der Waals surface area contributed by atoms with Gasteiger partial charge in [0.2, 0.25) is 0 Å². The third-order valence-electron chi connectivity index (χ3n) is 3.52. The number of benzene rings is 1. The van der Waals surface area contributed by atoms with Crippen LogP contribution < -0.4 is 10.1 Å². The first-order chi connectivity index (χ1) is 10.7. The Labute approximate surface area is 129 Å². The molecule has 5 nitrogen and oxygen atoms in total. The monoisotopic (exact) mass is 296 g/mol. The molecule has 0 atom stereocenters. The first-order valence-corrected chi connectivity index (χ1v) is 7.45. The average molecular weight is 296 g/mol. The van der Waals surface area contributed by atoms with Gasteiger partial charge < -0.3 is 10.1 Å². The highest BCUT2D eigenvalue weighted by molar-refractivity contribution is 5.93. The molecule has 1 aromatic carbocycles. The van der Waals surface area contributed by atoms with Crippen molar-refractivity contribution in [2.75, 3.05) is 19.0 Å². The zero-order valence-electron chi connectivity index (χ0n) is 13.1. The summed E-state index contributed by atoms with van der Waals surface area (Å²) in [5.74, 6) is 1.60. The summed E-state index contributed by atoms with van der Waals surface area (Å²) in [5.41, 5.74) is 3.07. The van der Waals surface area contributed by atoms with Crippen molar-refractivity contribution in [1.29, 1.82) is 0 Å². The van der Waals surface area contributed by atoms with E-state index in [4.69, 9.17) is 9.72 Å². The molecule has 0 bridgehead atoms. The number of anilines is 1. The van der Waals surface area contributed by atoms with Gasteiger partial charge in [-0.05, 0) is 31.0 Å². The van der Waals surface area contributed by atoms with E-state index in [1.165, 1.54) is 0 Å². The zero-order chi connectivity index (χ0) is 15.5. The van der Waals surface area contributed by atoms with Crippen LogP contribution in [0.4, 0.5) is 5.69 Å². The largest absolute Gasteiger partial charge is 0.497 e. The summed E-state index contributed by atoms with van der Waals surface area (Å²) in [6, 6.07) is 7.99. The maximum Gasteiger partial charge on any atom is 0.156 e. The summed E-state index contributed by atoms with van der Waals surface area (Å²) < 4.78 is 7.11. The van der Waals surface area contributed by atoms with Crippen molar-refractivity contribution in [2.45, 2.75) is 20.3 Å². The van der Waals surface area contributed by atoms with Crippen LogP contribution in [0.15, 0.2) is 36.7 Å². The number of aryl methyl sites for hydroxylation is 1. The minimum absolute atomic E-state index is 0.799.